The summed E-state index contributed by atoms with van der Waals surface area (Å²) in [5.74, 6) is -0.351. The number of carbonyl (C=O) groups excluding carboxylic acids is 2. The minimum Gasteiger partial charge on any atom is -0.319 e. The lowest BCUT2D eigenvalue weighted by Gasteiger charge is -2.25. The molecule has 0 unspecified atom stereocenters. The molecule has 1 aromatic carbocycles. The van der Waals surface area contributed by atoms with E-state index < -0.39 is 23.3 Å². The maximum Gasteiger partial charge on any atom is 0.325 e. The molecule has 2 aromatic rings. The third-order valence-electron chi connectivity index (χ3n) is 4.38. The predicted octanol–water partition coefficient (Wildman–Crippen LogP) is 1.58. The zero-order valence-electron chi connectivity index (χ0n) is 14.1. The van der Waals surface area contributed by atoms with E-state index in [0.717, 1.165) is 11.3 Å². The molecule has 1 aliphatic rings. The van der Waals surface area contributed by atoms with E-state index in [1.807, 2.05) is 6.92 Å². The van der Waals surface area contributed by atoms with Gasteiger partial charge in [-0.05, 0) is 41.0 Å². The number of hydrogen-bond acceptors (Lipinski definition) is 5. The van der Waals surface area contributed by atoms with Gasteiger partial charge in [0.05, 0.1) is 6.54 Å². The molecule has 1 aromatic heterocycles. The molecule has 132 valence electrons. The van der Waals surface area contributed by atoms with Gasteiger partial charge >= 0.3 is 6.03 Å². The Kier molecular flexibility index (Phi) is 4.47. The Bertz CT molecular complexity index is 790. The van der Waals surface area contributed by atoms with E-state index in [1.54, 1.807) is 11.6 Å². The first-order valence-corrected chi connectivity index (χ1v) is 8.17. The number of tetrazole rings is 1. The monoisotopic (exact) mass is 346 g/mol. The summed E-state index contributed by atoms with van der Waals surface area (Å²) in [6.07, 6.45) is 1.17. The van der Waals surface area contributed by atoms with Crippen molar-refractivity contribution in [3.63, 3.8) is 0 Å². The van der Waals surface area contributed by atoms with Gasteiger partial charge in [-0.3, -0.25) is 9.69 Å². The molecule has 0 bridgehead atoms. The van der Waals surface area contributed by atoms with E-state index in [1.165, 1.54) is 24.3 Å². The highest BCUT2D eigenvalue weighted by molar-refractivity contribution is 6.07. The van der Waals surface area contributed by atoms with Crippen molar-refractivity contribution in [3.8, 4) is 0 Å². The van der Waals surface area contributed by atoms with Crippen molar-refractivity contribution in [1.82, 2.24) is 30.4 Å². The quantitative estimate of drug-likeness (QED) is 0.802. The van der Waals surface area contributed by atoms with Gasteiger partial charge in [0.2, 0.25) is 0 Å². The number of nitrogens with one attached hydrogen (secondary N) is 1. The summed E-state index contributed by atoms with van der Waals surface area (Å²) in [6.45, 7) is 4.37. The Morgan fingerprint density at radius 2 is 1.92 bits per heavy atom. The maximum absolute atomic E-state index is 13.2. The Morgan fingerprint density at radius 3 is 2.56 bits per heavy atom. The molecule has 0 saturated carbocycles. The van der Waals surface area contributed by atoms with Gasteiger partial charge in [-0.1, -0.05) is 26.0 Å². The first kappa shape index (κ1) is 17.0. The third-order valence-corrected chi connectivity index (χ3v) is 4.38. The summed E-state index contributed by atoms with van der Waals surface area (Å²) >= 11 is 0. The zero-order chi connectivity index (χ0) is 18.0. The number of nitrogens with zero attached hydrogens (tertiary/aromatic N) is 5. The molecule has 1 atom stereocenters. The highest BCUT2D eigenvalue weighted by Crippen LogP contribution is 2.33. The molecule has 1 fully saturated rings. The minimum absolute atomic E-state index is 0.0133. The molecule has 1 aliphatic heterocycles. The van der Waals surface area contributed by atoms with Gasteiger partial charge in [0.25, 0.3) is 5.91 Å². The molecule has 8 nitrogen and oxygen atoms in total. The normalized spacial score (nSPS) is 20.2. The fraction of sp³-hybridized carbons (Fsp3) is 0.438. The smallest absolute Gasteiger partial charge is 0.319 e. The fourth-order valence-electron chi connectivity index (χ4n) is 3.01. The number of imide groups is 1. The number of carbonyl (C=O) groups is 2. The van der Waals surface area contributed by atoms with Crippen LogP contribution in [0.4, 0.5) is 9.18 Å². The van der Waals surface area contributed by atoms with E-state index in [4.69, 9.17) is 0 Å². The van der Waals surface area contributed by atoms with E-state index in [0.29, 0.717) is 24.4 Å². The lowest BCUT2D eigenvalue weighted by molar-refractivity contribution is -0.132. The predicted molar refractivity (Wildman–Crippen MR) is 85.6 cm³/mol. The van der Waals surface area contributed by atoms with Crippen molar-refractivity contribution >= 4 is 11.9 Å². The van der Waals surface area contributed by atoms with Crippen LogP contribution in [-0.4, -0.2) is 37.0 Å². The molecular weight excluding hydrogens is 327 g/mol. The third kappa shape index (κ3) is 2.86. The second-order valence-corrected chi connectivity index (χ2v) is 5.91. The molecule has 1 N–H and O–H groups in total. The van der Waals surface area contributed by atoms with Crippen molar-refractivity contribution < 1.29 is 14.0 Å². The minimum atomic E-state index is -1.20. The second kappa shape index (κ2) is 6.58. The van der Waals surface area contributed by atoms with Gasteiger partial charge in [-0.2, -0.15) is 0 Å². The molecule has 3 amide bonds. The zero-order valence-corrected chi connectivity index (χ0v) is 14.1. The number of rotatable bonds is 6. The van der Waals surface area contributed by atoms with Crippen LogP contribution in [0.3, 0.4) is 0 Å². The van der Waals surface area contributed by atoms with Crippen molar-refractivity contribution in [3.05, 3.63) is 41.5 Å². The Labute approximate surface area is 144 Å². The number of urea groups is 1. The first-order chi connectivity index (χ1) is 12.0. The Balaban J connectivity index is 1.90. The molecule has 0 aliphatic carbocycles. The molecule has 0 spiro atoms. The lowest BCUT2D eigenvalue weighted by atomic mass is 9.87. The number of amides is 3. The summed E-state index contributed by atoms with van der Waals surface area (Å²) in [6, 6.07) is 5.07. The van der Waals surface area contributed by atoms with E-state index >= 15 is 0 Å². The van der Waals surface area contributed by atoms with Crippen LogP contribution in [0.25, 0.3) is 0 Å². The van der Waals surface area contributed by atoms with Crippen molar-refractivity contribution in [2.24, 2.45) is 0 Å². The van der Waals surface area contributed by atoms with Gasteiger partial charge in [-0.15, -0.1) is 5.10 Å². The van der Waals surface area contributed by atoms with Crippen LogP contribution in [0.15, 0.2) is 24.3 Å². The molecule has 9 heteroatoms. The number of benzene rings is 1. The van der Waals surface area contributed by atoms with Crippen LogP contribution >= 0.6 is 0 Å². The summed E-state index contributed by atoms with van der Waals surface area (Å²) in [5, 5.41) is 14.1. The van der Waals surface area contributed by atoms with Crippen LogP contribution in [-0.2, 0) is 23.4 Å². The SMILES string of the molecule is CCCn1nnnc1CN1C(=O)N[C@](CC)(c2ccc(F)cc2)C1=O. The van der Waals surface area contributed by atoms with Crippen molar-refractivity contribution in [1.29, 1.82) is 0 Å². The highest BCUT2D eigenvalue weighted by atomic mass is 19.1. The molecule has 0 radical (unpaired) electrons. The maximum atomic E-state index is 13.2. The fourth-order valence-corrected chi connectivity index (χ4v) is 3.01. The largest absolute Gasteiger partial charge is 0.325 e. The van der Waals surface area contributed by atoms with Crippen molar-refractivity contribution in [2.45, 2.75) is 45.3 Å². The van der Waals surface area contributed by atoms with Crippen molar-refractivity contribution in [2.75, 3.05) is 0 Å². The van der Waals surface area contributed by atoms with Crippen LogP contribution < -0.4 is 5.32 Å². The Morgan fingerprint density at radius 1 is 1.20 bits per heavy atom. The van der Waals surface area contributed by atoms with E-state index in [2.05, 4.69) is 20.8 Å². The molecular formula is C16H19FN6O2. The molecule has 2 heterocycles. The second-order valence-electron chi connectivity index (χ2n) is 5.91. The van der Waals surface area contributed by atoms with Crippen LogP contribution in [0, 0.1) is 5.82 Å². The summed E-state index contributed by atoms with van der Waals surface area (Å²) < 4.78 is 14.8. The number of aromatic nitrogens is 4. The topological polar surface area (TPSA) is 93.0 Å². The molecule has 1 saturated heterocycles. The van der Waals surface area contributed by atoms with Crippen LogP contribution in [0.1, 0.15) is 38.1 Å². The Hall–Kier alpha value is -2.84. The standard InChI is InChI=1S/C16H19FN6O2/c1-3-9-23-13(19-20-21-23)10-22-14(24)16(4-2,18-15(22)25)11-5-7-12(17)8-6-11/h5-8H,3-4,9-10H2,1-2H3,(H,18,25)/t16-/m1/s1. The van der Waals surface area contributed by atoms with Gasteiger partial charge in [0.1, 0.15) is 11.4 Å². The summed E-state index contributed by atoms with van der Waals surface area (Å²) in [5.41, 5.74) is -0.654. The number of hydrogen-bond donors (Lipinski definition) is 1. The van der Waals surface area contributed by atoms with Gasteiger partial charge < -0.3 is 5.32 Å². The molecule has 25 heavy (non-hydrogen) atoms. The van der Waals surface area contributed by atoms with Crippen LogP contribution in [0.2, 0.25) is 0 Å². The average Bonchev–Trinajstić information content (AvgIpc) is 3.14. The highest BCUT2D eigenvalue weighted by Gasteiger charge is 2.51. The summed E-state index contributed by atoms with van der Waals surface area (Å²) in [7, 11) is 0. The van der Waals surface area contributed by atoms with Gasteiger partial charge in [-0.25, -0.2) is 13.9 Å². The van der Waals surface area contributed by atoms with E-state index in [-0.39, 0.29) is 6.54 Å². The molecule has 3 rings (SSSR count). The van der Waals surface area contributed by atoms with Gasteiger partial charge in [0.15, 0.2) is 5.82 Å². The van der Waals surface area contributed by atoms with E-state index in [9.17, 15) is 14.0 Å². The summed E-state index contributed by atoms with van der Waals surface area (Å²) in [4.78, 5) is 26.6. The van der Waals surface area contributed by atoms with Gasteiger partial charge in [0, 0.05) is 6.54 Å². The number of halogens is 1. The lowest BCUT2D eigenvalue weighted by Crippen LogP contribution is -2.43. The average molecular weight is 346 g/mol. The first-order valence-electron chi connectivity index (χ1n) is 8.17. The van der Waals surface area contributed by atoms with Crippen LogP contribution in [0.5, 0.6) is 0 Å². The number of aryl methyl sites for hydroxylation is 1.